The Morgan fingerprint density at radius 1 is 1.48 bits per heavy atom. The van der Waals surface area contributed by atoms with Gasteiger partial charge in [0.2, 0.25) is 0 Å². The molecule has 7 heteroatoms. The van der Waals surface area contributed by atoms with Crippen molar-refractivity contribution in [2.75, 3.05) is 31.3 Å². The molecule has 2 saturated carbocycles. The van der Waals surface area contributed by atoms with E-state index in [1.54, 1.807) is 7.11 Å². The molecule has 0 saturated heterocycles. The van der Waals surface area contributed by atoms with Crippen molar-refractivity contribution in [2.45, 2.75) is 31.7 Å². The van der Waals surface area contributed by atoms with Crippen molar-refractivity contribution in [2.24, 2.45) is 11.8 Å². The highest BCUT2D eigenvalue weighted by Crippen LogP contribution is 2.44. The minimum absolute atomic E-state index is 0.0812. The highest BCUT2D eigenvalue weighted by atomic mass is 32.1. The lowest BCUT2D eigenvalue weighted by atomic mass is 9.95. The lowest BCUT2D eigenvalue weighted by molar-refractivity contribution is 0.0927. The molecular weight excluding hydrogens is 288 g/mol. The fourth-order valence-electron chi connectivity index (χ4n) is 3.49. The van der Waals surface area contributed by atoms with Gasteiger partial charge in [-0.2, -0.15) is 0 Å². The molecule has 3 atom stereocenters. The molecular formula is C14H22N4O2S. The lowest BCUT2D eigenvalue weighted by Gasteiger charge is -2.22. The molecule has 6 nitrogen and oxygen atoms in total. The first-order valence-electron chi connectivity index (χ1n) is 7.47. The van der Waals surface area contributed by atoms with Crippen LogP contribution in [0.1, 0.15) is 35.4 Å². The number of hydrogen-bond acceptors (Lipinski definition) is 6. The van der Waals surface area contributed by atoms with Gasteiger partial charge in [-0.1, -0.05) is 17.8 Å². The predicted octanol–water partition coefficient (Wildman–Crippen LogP) is 1.70. The number of nitrogens with one attached hydrogen (secondary N) is 2. The van der Waals surface area contributed by atoms with Gasteiger partial charge in [0.25, 0.3) is 5.91 Å². The number of hydrogen-bond donors (Lipinski definition) is 3. The van der Waals surface area contributed by atoms with Gasteiger partial charge in [-0.05, 0) is 31.1 Å². The molecule has 3 rings (SSSR count). The van der Waals surface area contributed by atoms with Crippen LogP contribution >= 0.6 is 11.3 Å². The second kappa shape index (κ2) is 6.19. The van der Waals surface area contributed by atoms with Gasteiger partial charge in [0.15, 0.2) is 5.13 Å². The van der Waals surface area contributed by atoms with Crippen LogP contribution in [0.5, 0.6) is 0 Å². The number of anilines is 2. The second-order valence-electron chi connectivity index (χ2n) is 5.91. The summed E-state index contributed by atoms with van der Waals surface area (Å²) in [5.41, 5.74) is 5.86. The van der Waals surface area contributed by atoms with E-state index in [2.05, 4.69) is 15.6 Å². The Hall–Kier alpha value is -1.34. The molecule has 4 N–H and O–H groups in total. The largest absolute Gasteiger partial charge is 0.383 e. The van der Waals surface area contributed by atoms with Gasteiger partial charge in [-0.15, -0.1) is 0 Å². The van der Waals surface area contributed by atoms with E-state index in [9.17, 15) is 4.79 Å². The van der Waals surface area contributed by atoms with Crippen LogP contribution in [-0.4, -0.2) is 37.2 Å². The molecule has 0 radical (unpaired) electrons. The Bertz CT molecular complexity index is 519. The third-order valence-electron chi connectivity index (χ3n) is 4.50. The van der Waals surface area contributed by atoms with Crippen molar-refractivity contribution in [1.29, 1.82) is 0 Å². The van der Waals surface area contributed by atoms with Crippen LogP contribution in [-0.2, 0) is 4.74 Å². The Balaban J connectivity index is 1.59. The van der Waals surface area contributed by atoms with Crippen molar-refractivity contribution >= 4 is 28.2 Å². The second-order valence-corrected chi connectivity index (χ2v) is 6.91. The van der Waals surface area contributed by atoms with Gasteiger partial charge in [0.05, 0.1) is 6.61 Å². The van der Waals surface area contributed by atoms with Crippen molar-refractivity contribution in [3.05, 3.63) is 4.88 Å². The summed E-state index contributed by atoms with van der Waals surface area (Å²) in [6.45, 7) is 1.24. The highest BCUT2D eigenvalue weighted by Gasteiger charge is 2.40. The number of rotatable bonds is 6. The number of nitrogens with zero attached hydrogens (tertiary/aromatic N) is 1. The van der Waals surface area contributed by atoms with Gasteiger partial charge >= 0.3 is 0 Å². The van der Waals surface area contributed by atoms with Crippen LogP contribution in [0.15, 0.2) is 0 Å². The van der Waals surface area contributed by atoms with E-state index in [-0.39, 0.29) is 5.91 Å². The molecule has 3 unspecified atom stereocenters. The number of aromatic nitrogens is 1. The summed E-state index contributed by atoms with van der Waals surface area (Å²) in [6, 6.07) is 0.322. The number of nitrogen functional groups attached to an aromatic ring is 1. The van der Waals surface area contributed by atoms with Crippen LogP contribution in [0.3, 0.4) is 0 Å². The molecule has 2 fully saturated rings. The fraction of sp³-hybridized carbons (Fsp3) is 0.714. The monoisotopic (exact) mass is 310 g/mol. The normalized spacial score (nSPS) is 27.0. The molecule has 0 spiro atoms. The molecule has 2 bridgehead atoms. The van der Waals surface area contributed by atoms with E-state index in [0.717, 1.165) is 12.3 Å². The van der Waals surface area contributed by atoms with E-state index in [0.29, 0.717) is 40.9 Å². The summed E-state index contributed by atoms with van der Waals surface area (Å²) in [7, 11) is 1.64. The van der Waals surface area contributed by atoms with Crippen molar-refractivity contribution < 1.29 is 9.53 Å². The summed E-state index contributed by atoms with van der Waals surface area (Å²) >= 11 is 1.31. The maximum absolute atomic E-state index is 12.4. The number of thiazole rings is 1. The topological polar surface area (TPSA) is 89.3 Å². The molecule has 1 aromatic rings. The Kier molecular flexibility index (Phi) is 4.30. The average Bonchev–Trinajstić information content (AvgIpc) is 3.14. The van der Waals surface area contributed by atoms with Crippen molar-refractivity contribution in [3.63, 3.8) is 0 Å². The van der Waals surface area contributed by atoms with Crippen LogP contribution in [0.4, 0.5) is 10.9 Å². The van der Waals surface area contributed by atoms with Gasteiger partial charge in [-0.3, -0.25) is 4.79 Å². The number of fused-ring (bicyclic) bond motifs is 2. The zero-order chi connectivity index (χ0) is 14.8. The first-order valence-corrected chi connectivity index (χ1v) is 8.29. The average molecular weight is 310 g/mol. The summed E-state index contributed by atoms with van der Waals surface area (Å²) in [6.07, 6.45) is 4.96. The van der Waals surface area contributed by atoms with Crippen LogP contribution in [0, 0.1) is 11.8 Å². The molecule has 2 aliphatic carbocycles. The molecule has 1 aromatic heterocycles. The van der Waals surface area contributed by atoms with Gasteiger partial charge in [-0.25, -0.2) is 4.98 Å². The number of carbonyl (C=O) groups excluding carboxylic acids is 1. The molecule has 116 valence electrons. The number of amides is 1. The Morgan fingerprint density at radius 3 is 3.00 bits per heavy atom. The number of ether oxygens (including phenoxy) is 1. The zero-order valence-corrected chi connectivity index (χ0v) is 13.0. The van der Waals surface area contributed by atoms with Crippen LogP contribution < -0.4 is 16.4 Å². The van der Waals surface area contributed by atoms with E-state index < -0.39 is 0 Å². The minimum atomic E-state index is -0.0812. The third kappa shape index (κ3) is 3.13. The van der Waals surface area contributed by atoms with E-state index in [1.807, 2.05) is 0 Å². The standard InChI is InChI=1S/C14H22N4O2S/c1-20-5-4-16-14-18-12(15)11(21-14)13(19)17-10-7-8-2-3-9(10)6-8/h8-10H,2-7,15H2,1H3,(H,16,18)(H,17,19). The van der Waals surface area contributed by atoms with Gasteiger partial charge in [0.1, 0.15) is 10.7 Å². The van der Waals surface area contributed by atoms with Crippen LogP contribution in [0.25, 0.3) is 0 Å². The number of carbonyl (C=O) groups is 1. The molecule has 0 aliphatic heterocycles. The fourth-order valence-corrected chi connectivity index (χ4v) is 4.30. The maximum Gasteiger partial charge on any atom is 0.265 e. The SMILES string of the molecule is COCCNc1nc(N)c(C(=O)NC2CC3CCC2C3)s1. The van der Waals surface area contributed by atoms with Crippen LogP contribution in [0.2, 0.25) is 0 Å². The Morgan fingerprint density at radius 2 is 2.33 bits per heavy atom. The predicted molar refractivity (Wildman–Crippen MR) is 83.6 cm³/mol. The van der Waals surface area contributed by atoms with E-state index in [4.69, 9.17) is 10.5 Å². The molecule has 1 heterocycles. The van der Waals surface area contributed by atoms with E-state index >= 15 is 0 Å². The zero-order valence-electron chi connectivity index (χ0n) is 12.2. The Labute approximate surface area is 128 Å². The summed E-state index contributed by atoms with van der Waals surface area (Å²) in [4.78, 5) is 17.1. The number of nitrogens with two attached hydrogens (primary N) is 1. The first-order chi connectivity index (χ1) is 10.2. The summed E-state index contributed by atoms with van der Waals surface area (Å²) in [5, 5.41) is 6.92. The third-order valence-corrected chi connectivity index (χ3v) is 5.52. The van der Waals surface area contributed by atoms with E-state index in [1.165, 1.54) is 30.6 Å². The smallest absolute Gasteiger partial charge is 0.265 e. The molecule has 0 aromatic carbocycles. The van der Waals surface area contributed by atoms with Crippen molar-refractivity contribution in [1.82, 2.24) is 10.3 Å². The maximum atomic E-state index is 12.4. The first kappa shape index (κ1) is 14.6. The van der Waals surface area contributed by atoms with Crippen molar-refractivity contribution in [3.8, 4) is 0 Å². The highest BCUT2D eigenvalue weighted by molar-refractivity contribution is 7.18. The van der Waals surface area contributed by atoms with Gasteiger partial charge in [0, 0.05) is 19.7 Å². The minimum Gasteiger partial charge on any atom is -0.383 e. The summed E-state index contributed by atoms with van der Waals surface area (Å²) < 4.78 is 4.97. The molecule has 21 heavy (non-hydrogen) atoms. The molecule has 2 aliphatic rings. The molecule has 1 amide bonds. The lowest BCUT2D eigenvalue weighted by Crippen LogP contribution is -2.38. The summed E-state index contributed by atoms with van der Waals surface area (Å²) in [5.74, 6) is 1.70. The quantitative estimate of drug-likeness (QED) is 0.696. The van der Waals surface area contributed by atoms with Gasteiger partial charge < -0.3 is 21.1 Å². The number of methoxy groups -OCH3 is 1.